The highest BCUT2D eigenvalue weighted by atomic mass is 16.4. The lowest BCUT2D eigenvalue weighted by Crippen LogP contribution is -2.29. The Bertz CT molecular complexity index is 504. The first-order valence-corrected chi connectivity index (χ1v) is 5.59. The molecule has 0 aliphatic heterocycles. The third-order valence-electron chi connectivity index (χ3n) is 2.60. The monoisotopic (exact) mass is 265 g/mol. The average molecular weight is 265 g/mol. The molecular weight excluding hydrogens is 250 g/mol. The number of aromatic carboxylic acids is 1. The van der Waals surface area contributed by atoms with E-state index in [4.69, 9.17) is 10.2 Å². The Kier molecular flexibility index (Phi) is 4.26. The molecule has 19 heavy (non-hydrogen) atoms. The van der Waals surface area contributed by atoms with Crippen LogP contribution < -0.4 is 5.32 Å². The van der Waals surface area contributed by atoms with Gasteiger partial charge < -0.3 is 15.5 Å². The molecule has 1 aromatic rings. The van der Waals surface area contributed by atoms with Crippen LogP contribution in [0.1, 0.15) is 30.6 Å². The van der Waals surface area contributed by atoms with Gasteiger partial charge in [0.1, 0.15) is 0 Å². The minimum absolute atomic E-state index is 0.115. The SMILES string of the molecule is CC(C)(CC(=O)Nc1ccc(C(=O)O)cc1)C(=O)O. The highest BCUT2D eigenvalue weighted by molar-refractivity contribution is 5.94. The van der Waals surface area contributed by atoms with Crippen LogP contribution in [0.5, 0.6) is 0 Å². The third-order valence-corrected chi connectivity index (χ3v) is 2.60. The van der Waals surface area contributed by atoms with E-state index in [0.29, 0.717) is 5.69 Å². The summed E-state index contributed by atoms with van der Waals surface area (Å²) >= 11 is 0. The van der Waals surface area contributed by atoms with Gasteiger partial charge in [0.2, 0.25) is 5.91 Å². The lowest BCUT2D eigenvalue weighted by molar-refractivity contribution is -0.148. The van der Waals surface area contributed by atoms with E-state index in [0.717, 1.165) is 0 Å². The van der Waals surface area contributed by atoms with Crippen molar-refractivity contribution in [3.05, 3.63) is 29.8 Å². The molecule has 1 amide bonds. The van der Waals surface area contributed by atoms with Gasteiger partial charge in [0.25, 0.3) is 0 Å². The van der Waals surface area contributed by atoms with Crippen LogP contribution >= 0.6 is 0 Å². The van der Waals surface area contributed by atoms with Crippen molar-refractivity contribution in [3.8, 4) is 0 Å². The van der Waals surface area contributed by atoms with Gasteiger partial charge in [-0.2, -0.15) is 0 Å². The van der Waals surface area contributed by atoms with Gasteiger partial charge in [0.15, 0.2) is 0 Å². The van der Waals surface area contributed by atoms with E-state index >= 15 is 0 Å². The lowest BCUT2D eigenvalue weighted by Gasteiger charge is -2.18. The van der Waals surface area contributed by atoms with Gasteiger partial charge in [-0.1, -0.05) is 0 Å². The molecule has 1 rings (SSSR count). The van der Waals surface area contributed by atoms with Gasteiger partial charge in [0, 0.05) is 12.1 Å². The molecule has 0 unspecified atom stereocenters. The lowest BCUT2D eigenvalue weighted by atomic mass is 9.89. The van der Waals surface area contributed by atoms with Crippen molar-refractivity contribution in [1.29, 1.82) is 0 Å². The summed E-state index contributed by atoms with van der Waals surface area (Å²) in [7, 11) is 0. The van der Waals surface area contributed by atoms with Crippen molar-refractivity contribution in [2.45, 2.75) is 20.3 Å². The van der Waals surface area contributed by atoms with Gasteiger partial charge in [-0.05, 0) is 38.1 Å². The number of nitrogens with one attached hydrogen (secondary N) is 1. The molecule has 0 saturated carbocycles. The Hall–Kier alpha value is -2.37. The number of rotatable bonds is 5. The number of amides is 1. The number of hydrogen-bond donors (Lipinski definition) is 3. The van der Waals surface area contributed by atoms with Crippen LogP contribution in [0.15, 0.2) is 24.3 Å². The Labute approximate surface area is 110 Å². The summed E-state index contributed by atoms with van der Waals surface area (Å²) in [6.07, 6.45) is -0.164. The van der Waals surface area contributed by atoms with Crippen molar-refractivity contribution in [2.24, 2.45) is 5.41 Å². The largest absolute Gasteiger partial charge is 0.481 e. The quantitative estimate of drug-likeness (QED) is 0.753. The molecule has 0 heterocycles. The summed E-state index contributed by atoms with van der Waals surface area (Å²) in [6, 6.07) is 5.63. The van der Waals surface area contributed by atoms with E-state index in [9.17, 15) is 14.4 Å². The first-order chi connectivity index (χ1) is 8.72. The van der Waals surface area contributed by atoms with E-state index in [1.54, 1.807) is 0 Å². The van der Waals surface area contributed by atoms with E-state index in [-0.39, 0.29) is 12.0 Å². The molecular formula is C13H15NO5. The fourth-order valence-electron chi connectivity index (χ4n) is 1.38. The van der Waals surface area contributed by atoms with Crippen LogP contribution in [0.4, 0.5) is 5.69 Å². The number of carboxylic acid groups (broad SMARTS) is 2. The number of hydrogen-bond acceptors (Lipinski definition) is 3. The predicted octanol–water partition coefficient (Wildman–Crippen LogP) is 1.82. The summed E-state index contributed by atoms with van der Waals surface area (Å²) in [4.78, 5) is 33.2. The maximum absolute atomic E-state index is 11.7. The first-order valence-electron chi connectivity index (χ1n) is 5.59. The van der Waals surface area contributed by atoms with Crippen LogP contribution in [0.25, 0.3) is 0 Å². The van der Waals surface area contributed by atoms with Gasteiger partial charge >= 0.3 is 11.9 Å². The molecule has 6 nitrogen and oxygen atoms in total. The molecule has 0 saturated heterocycles. The van der Waals surface area contributed by atoms with Crippen LogP contribution in [-0.2, 0) is 9.59 Å². The summed E-state index contributed by atoms with van der Waals surface area (Å²) < 4.78 is 0. The molecule has 0 radical (unpaired) electrons. The van der Waals surface area contributed by atoms with Crippen molar-refractivity contribution in [2.75, 3.05) is 5.32 Å². The van der Waals surface area contributed by atoms with Gasteiger partial charge in [-0.15, -0.1) is 0 Å². The summed E-state index contributed by atoms with van der Waals surface area (Å²) in [5, 5.41) is 20.2. The standard InChI is InChI=1S/C13H15NO5/c1-13(2,12(18)19)7-10(15)14-9-5-3-8(4-6-9)11(16)17/h3-6H,7H2,1-2H3,(H,14,15)(H,16,17)(H,18,19). The van der Waals surface area contributed by atoms with Crippen LogP contribution in [0, 0.1) is 5.41 Å². The molecule has 0 atom stereocenters. The predicted molar refractivity (Wildman–Crippen MR) is 68.1 cm³/mol. The number of carbonyl (C=O) groups excluding carboxylic acids is 1. The molecule has 0 spiro atoms. The van der Waals surface area contributed by atoms with E-state index in [1.807, 2.05) is 0 Å². The molecule has 0 aromatic heterocycles. The van der Waals surface area contributed by atoms with Crippen molar-refractivity contribution in [1.82, 2.24) is 0 Å². The van der Waals surface area contributed by atoms with E-state index in [2.05, 4.69) is 5.32 Å². The first kappa shape index (κ1) is 14.7. The number of carboxylic acids is 2. The zero-order valence-corrected chi connectivity index (χ0v) is 10.6. The second-order valence-electron chi connectivity index (χ2n) is 4.80. The number of carbonyl (C=O) groups is 3. The third kappa shape index (κ3) is 4.09. The van der Waals surface area contributed by atoms with Crippen molar-refractivity contribution < 1.29 is 24.6 Å². The topological polar surface area (TPSA) is 104 Å². The average Bonchev–Trinajstić information content (AvgIpc) is 2.28. The highest BCUT2D eigenvalue weighted by Gasteiger charge is 2.30. The second-order valence-corrected chi connectivity index (χ2v) is 4.80. The van der Waals surface area contributed by atoms with Gasteiger partial charge in [0.05, 0.1) is 11.0 Å². The Morgan fingerprint density at radius 1 is 1.11 bits per heavy atom. The zero-order valence-electron chi connectivity index (χ0n) is 10.6. The zero-order chi connectivity index (χ0) is 14.6. The number of aliphatic carboxylic acids is 1. The van der Waals surface area contributed by atoms with Crippen LogP contribution in [-0.4, -0.2) is 28.1 Å². The fraction of sp³-hybridized carbons (Fsp3) is 0.308. The molecule has 0 fully saturated rings. The summed E-state index contributed by atoms with van der Waals surface area (Å²) in [6.45, 7) is 2.92. The Balaban J connectivity index is 2.67. The molecule has 1 aromatic carbocycles. The normalized spacial score (nSPS) is 10.8. The van der Waals surface area contributed by atoms with Crippen LogP contribution in [0.2, 0.25) is 0 Å². The molecule has 0 bridgehead atoms. The smallest absolute Gasteiger partial charge is 0.335 e. The van der Waals surface area contributed by atoms with Crippen LogP contribution in [0.3, 0.4) is 0 Å². The Morgan fingerprint density at radius 2 is 1.63 bits per heavy atom. The number of benzene rings is 1. The van der Waals surface area contributed by atoms with Gasteiger partial charge in [-0.25, -0.2) is 4.79 Å². The molecule has 0 aliphatic rings. The minimum Gasteiger partial charge on any atom is -0.481 e. The molecule has 102 valence electrons. The van der Waals surface area contributed by atoms with Gasteiger partial charge in [-0.3, -0.25) is 9.59 Å². The maximum Gasteiger partial charge on any atom is 0.335 e. The van der Waals surface area contributed by atoms with Crippen molar-refractivity contribution in [3.63, 3.8) is 0 Å². The second kappa shape index (κ2) is 5.51. The number of anilines is 1. The van der Waals surface area contributed by atoms with E-state index in [1.165, 1.54) is 38.1 Å². The Morgan fingerprint density at radius 3 is 2.05 bits per heavy atom. The maximum atomic E-state index is 11.7. The molecule has 0 aliphatic carbocycles. The molecule has 6 heteroatoms. The van der Waals surface area contributed by atoms with Crippen molar-refractivity contribution >= 4 is 23.5 Å². The summed E-state index contributed by atoms with van der Waals surface area (Å²) in [5.41, 5.74) is -0.606. The minimum atomic E-state index is -1.15. The fourth-order valence-corrected chi connectivity index (χ4v) is 1.38. The van der Waals surface area contributed by atoms with E-state index < -0.39 is 23.3 Å². The highest BCUT2D eigenvalue weighted by Crippen LogP contribution is 2.21. The molecule has 3 N–H and O–H groups in total. The summed E-state index contributed by atoms with van der Waals surface area (Å²) in [5.74, 6) is -2.54.